The van der Waals surface area contributed by atoms with E-state index in [-0.39, 0.29) is 28.5 Å². The number of hydrogen-bond donors (Lipinski definition) is 8. The quantitative estimate of drug-likeness (QED) is 0.0243. The van der Waals surface area contributed by atoms with Crippen LogP contribution in [0.15, 0.2) is 213 Å². The van der Waals surface area contributed by atoms with Gasteiger partial charge in [0.1, 0.15) is 0 Å². The molecule has 0 fully saturated rings. The van der Waals surface area contributed by atoms with Crippen LogP contribution in [-0.2, 0) is 80.8 Å². The number of carbonyl (C=O) groups excluding carboxylic acids is 2. The van der Waals surface area contributed by atoms with Crippen molar-refractivity contribution >= 4 is 126 Å². The van der Waals surface area contributed by atoms with E-state index in [2.05, 4.69) is 4.67 Å². The predicted octanol–water partition coefficient (Wildman–Crippen LogP) is 6.77. The van der Waals surface area contributed by atoms with Gasteiger partial charge in [0, 0.05) is 17.2 Å². The summed E-state index contributed by atoms with van der Waals surface area (Å²) in [6.07, 6.45) is 1.60. The molecule has 0 aliphatic heterocycles. The van der Waals surface area contributed by atoms with Crippen LogP contribution in [0, 0.1) is 0 Å². The molecule has 0 aliphatic rings. The van der Waals surface area contributed by atoms with Gasteiger partial charge in [-0.1, -0.05) is 133 Å². The summed E-state index contributed by atoms with van der Waals surface area (Å²) in [5.74, 6) is 0. The summed E-state index contributed by atoms with van der Waals surface area (Å²) < 4.78 is 218. The molecule has 8 aromatic carbocycles. The highest BCUT2D eigenvalue weighted by Crippen LogP contribution is 2.23. The van der Waals surface area contributed by atoms with Crippen molar-refractivity contribution in [2.24, 2.45) is 0 Å². The van der Waals surface area contributed by atoms with E-state index in [1.54, 1.807) is 66.7 Å². The Morgan fingerprint density at radius 1 is 0.398 bits per heavy atom. The highest BCUT2D eigenvalue weighted by atomic mass is 35.5. The second-order valence-electron chi connectivity index (χ2n) is 14.5. The third-order valence-corrected chi connectivity index (χ3v) is 13.4. The number of hydrogen-bond acceptors (Lipinski definition) is 21. The first-order valence-corrected chi connectivity index (χ1v) is 31.5. The molecule has 450 valence electrons. The Labute approximate surface area is 483 Å². The minimum absolute atomic E-state index is 0. The number of benzene rings is 8. The molecule has 1 atom stereocenters. The SMILES string of the molecule is Cl.O=Cc1cccc2c(C=O)cccc12.O=S(=O)(O)O.O=S(=O)(O)c1ccc(-c2ccccc2)cc1.O=S(=O)(O)c1ccc2ccccc2c1.O=S(=O)(O)c1cccc(S(=O)(=O)O)c1.O=S(=O)(O)c1ccccc1.O=S(=O)=O.O=[P+]([O-])OO.[HH]. The molecule has 0 heterocycles. The summed E-state index contributed by atoms with van der Waals surface area (Å²) in [4.78, 5) is 29.0. The van der Waals surface area contributed by atoms with Crippen molar-refractivity contribution in [1.82, 2.24) is 0 Å². The average molecular weight is 1340 g/mol. The van der Waals surface area contributed by atoms with Crippen molar-refractivity contribution in [3.63, 3.8) is 0 Å². The molecule has 0 saturated carbocycles. The van der Waals surface area contributed by atoms with Gasteiger partial charge in [-0.3, -0.25) is 41.5 Å². The van der Waals surface area contributed by atoms with E-state index in [0.717, 1.165) is 63.4 Å². The lowest BCUT2D eigenvalue weighted by molar-refractivity contribution is -0.244. The maximum absolute atomic E-state index is 10.8. The second-order valence-corrected chi connectivity index (χ2v) is 23.6. The minimum Gasteiger partial charge on any atom is -0.565 e. The number of halogens is 1. The second kappa shape index (κ2) is 35.2. The van der Waals surface area contributed by atoms with Gasteiger partial charge in [0.15, 0.2) is 12.6 Å². The van der Waals surface area contributed by atoms with E-state index < -0.39 is 89.6 Å². The first-order valence-electron chi connectivity index (χ1n) is 20.8. The molecule has 0 aromatic heterocycles. The molecule has 8 N–H and O–H groups in total. The molecule has 0 saturated heterocycles. The number of carbonyl (C=O) groups is 2. The molecule has 83 heavy (non-hydrogen) atoms. The summed E-state index contributed by atoms with van der Waals surface area (Å²) in [5.41, 5.74) is 3.15. The average Bonchev–Trinajstić information content (AvgIpc) is 3.59. The molecular formula is C46H44ClO28PS7. The lowest BCUT2D eigenvalue weighted by Crippen LogP contribution is -2.02. The molecule has 0 aliphatic carbocycles. The van der Waals surface area contributed by atoms with Gasteiger partial charge in [-0.15, -0.1) is 25.0 Å². The normalized spacial score (nSPS) is 11.0. The fraction of sp³-hybridized carbons (Fsp3) is 0. The summed E-state index contributed by atoms with van der Waals surface area (Å²) in [5, 5.41) is 10.4. The Morgan fingerprint density at radius 3 is 1.01 bits per heavy atom. The predicted molar refractivity (Wildman–Crippen MR) is 297 cm³/mol. The first kappa shape index (κ1) is 75.9. The zero-order valence-electron chi connectivity index (χ0n) is 41.0. The van der Waals surface area contributed by atoms with Crippen LogP contribution in [0.2, 0.25) is 0 Å². The fourth-order valence-electron chi connectivity index (χ4n) is 5.73. The van der Waals surface area contributed by atoms with Crippen LogP contribution in [0.1, 0.15) is 22.1 Å². The van der Waals surface area contributed by atoms with Crippen LogP contribution in [0.5, 0.6) is 0 Å². The maximum atomic E-state index is 10.8. The van der Waals surface area contributed by atoms with E-state index >= 15 is 0 Å². The number of fused-ring (bicyclic) bond motifs is 2. The first-order chi connectivity index (χ1) is 37.8. The van der Waals surface area contributed by atoms with Crippen molar-refractivity contribution < 1.29 is 125 Å². The molecule has 1 unspecified atom stereocenters. The van der Waals surface area contributed by atoms with E-state index in [1.165, 1.54) is 36.4 Å². The van der Waals surface area contributed by atoms with Crippen molar-refractivity contribution in [2.75, 3.05) is 0 Å². The van der Waals surface area contributed by atoms with E-state index in [4.69, 9.17) is 67.6 Å². The molecule has 37 heteroatoms. The molecule has 0 spiro atoms. The Bertz CT molecular complexity index is 4180. The Morgan fingerprint density at radius 2 is 0.675 bits per heavy atom. The van der Waals surface area contributed by atoms with Gasteiger partial charge in [-0.05, 0) is 91.8 Å². The molecule has 8 rings (SSSR count). The van der Waals surface area contributed by atoms with Gasteiger partial charge >= 0.3 is 29.3 Å². The smallest absolute Gasteiger partial charge is 0.521 e. The van der Waals surface area contributed by atoms with E-state index in [9.17, 15) is 51.7 Å². The highest BCUT2D eigenvalue weighted by molar-refractivity contribution is 7.87. The van der Waals surface area contributed by atoms with E-state index in [0.29, 0.717) is 17.2 Å². The standard InChI is InChI=1S/C12H10O3S.C12H8O2.C10H8O3S.C6H6O6S2.C6H6O3S.ClH.HO4P.H2O4S.O3S.H2/c13-16(14,15)12-8-6-11(7-9-12)10-4-2-1-3-5-10;13-7-9-3-1-5-11-10(8-14)4-2-6-12(9)11;11-14(12,13)10-6-5-8-3-1-2-4-9(8)7-10;7-13(8,9)5-2-1-3-6(4-5)14(10,11)12;7-10(8,9)6-4-2-1-3-5-6;;1-4-5(2)3;1-5(2,3)4;1-4(2)3;/h1-9H,(H,13,14,15);1-8H;1-7H,(H,11,12,13);1-4H,(H,7,8,9)(H,10,11,12);1-5H,(H,7,8,9);1H;1H;(H2,1,2,3,4);;1H. The molecule has 8 aromatic rings. The van der Waals surface area contributed by atoms with Gasteiger partial charge in [-0.25, -0.2) is 5.26 Å². The van der Waals surface area contributed by atoms with Crippen LogP contribution in [0.25, 0.3) is 32.7 Å². The van der Waals surface area contributed by atoms with Gasteiger partial charge in [-0.2, -0.15) is 50.5 Å². The highest BCUT2D eigenvalue weighted by Gasteiger charge is 2.15. The Hall–Kier alpha value is -7.07. The number of rotatable bonds is 9. The third kappa shape index (κ3) is 31.2. The minimum atomic E-state index is -4.67. The van der Waals surface area contributed by atoms with Crippen LogP contribution in [-0.4, -0.2) is 113 Å². The summed E-state index contributed by atoms with van der Waals surface area (Å²) in [6, 6.07) is 49.4. The Balaban J connectivity index is 0. The molecule has 0 amide bonds. The summed E-state index contributed by atoms with van der Waals surface area (Å²) in [6.45, 7) is 0. The topological polar surface area (TPSA) is 501 Å². The zero-order valence-corrected chi connectivity index (χ0v) is 48.4. The number of aldehydes is 2. The molecule has 0 radical (unpaired) electrons. The van der Waals surface area contributed by atoms with Crippen molar-refractivity contribution in [1.29, 1.82) is 0 Å². The van der Waals surface area contributed by atoms with Crippen molar-refractivity contribution in [3.05, 3.63) is 199 Å². The van der Waals surface area contributed by atoms with Gasteiger partial charge in [0.05, 0.1) is 24.5 Å². The van der Waals surface area contributed by atoms with Crippen LogP contribution in [0.3, 0.4) is 0 Å². The van der Waals surface area contributed by atoms with Crippen LogP contribution >= 0.6 is 20.7 Å². The maximum Gasteiger partial charge on any atom is 0.521 e. The fourth-order valence-corrected chi connectivity index (χ4v) is 8.35. The molecule has 0 bridgehead atoms. The third-order valence-electron chi connectivity index (χ3n) is 9.03. The monoisotopic (exact) mass is 1330 g/mol. The van der Waals surface area contributed by atoms with Crippen LogP contribution in [0.4, 0.5) is 0 Å². The summed E-state index contributed by atoms with van der Waals surface area (Å²) in [7, 11) is -31.9. The van der Waals surface area contributed by atoms with E-state index in [1.807, 2.05) is 60.7 Å². The molecular weight excluding hydrogens is 1290 g/mol. The largest absolute Gasteiger partial charge is 0.565 e. The lowest BCUT2D eigenvalue weighted by atomic mass is 10.0. The Kier molecular flexibility index (Phi) is 32.2. The van der Waals surface area contributed by atoms with Gasteiger partial charge in [0.25, 0.3) is 50.6 Å². The van der Waals surface area contributed by atoms with Gasteiger partial charge in [0.2, 0.25) is 0 Å². The zero-order chi connectivity index (χ0) is 62.7. The van der Waals surface area contributed by atoms with Crippen molar-refractivity contribution in [3.8, 4) is 11.1 Å². The van der Waals surface area contributed by atoms with Crippen LogP contribution < -0.4 is 4.89 Å². The lowest BCUT2D eigenvalue weighted by Gasteiger charge is -2.02. The summed E-state index contributed by atoms with van der Waals surface area (Å²) >= 11 is 0. The van der Waals surface area contributed by atoms with Gasteiger partial charge < -0.3 is 4.89 Å². The molecule has 28 nitrogen and oxygen atoms in total. The van der Waals surface area contributed by atoms with Crippen molar-refractivity contribution in [2.45, 2.75) is 24.5 Å².